The Morgan fingerprint density at radius 2 is 2.26 bits per heavy atom. The van der Waals surface area contributed by atoms with Gasteiger partial charge in [0.15, 0.2) is 10.5 Å². The topological polar surface area (TPSA) is 90.3 Å². The second-order valence-corrected chi connectivity index (χ2v) is 3.83. The molecular formula is C11H9N3O4S. The Hall–Kier alpha value is -2.48. The number of methoxy groups -OCH3 is 1. The molecule has 19 heavy (non-hydrogen) atoms. The Balaban J connectivity index is 2.35. The van der Waals surface area contributed by atoms with Crippen LogP contribution < -0.4 is 9.47 Å². The maximum atomic E-state index is 10.7. The smallest absolute Gasteiger partial charge is 0.273 e. The molecule has 7 nitrogen and oxygen atoms in total. The van der Waals surface area contributed by atoms with Crippen molar-refractivity contribution in [1.29, 1.82) is 0 Å². The molecule has 1 aromatic carbocycles. The van der Waals surface area contributed by atoms with Gasteiger partial charge in [-0.1, -0.05) is 6.07 Å². The lowest BCUT2D eigenvalue weighted by Gasteiger charge is -2.08. The van der Waals surface area contributed by atoms with Gasteiger partial charge in [-0.05, 0) is 18.3 Å². The van der Waals surface area contributed by atoms with E-state index in [0.717, 1.165) is 0 Å². The third kappa shape index (κ3) is 3.05. The molecule has 0 amide bonds. The monoisotopic (exact) mass is 279 g/mol. The molecule has 2 rings (SSSR count). The number of aromatic amines is 1. The number of ether oxygens (including phenoxy) is 2. The maximum Gasteiger partial charge on any atom is 0.273 e. The van der Waals surface area contributed by atoms with Crippen LogP contribution in [0, 0.1) is 14.9 Å². The summed E-state index contributed by atoms with van der Waals surface area (Å²) >= 11 is 4.88. The highest BCUT2D eigenvalue weighted by molar-refractivity contribution is 7.71. The van der Waals surface area contributed by atoms with Crippen LogP contribution in [0.15, 0.2) is 30.5 Å². The number of nitrogens with zero attached hydrogens (tertiary/aromatic N) is 2. The third-order valence-electron chi connectivity index (χ3n) is 2.21. The molecule has 0 aliphatic carbocycles. The molecule has 0 saturated heterocycles. The molecule has 1 aromatic heterocycles. The highest BCUT2D eigenvalue weighted by Gasteiger charge is 2.10. The van der Waals surface area contributed by atoms with Gasteiger partial charge in [-0.15, -0.1) is 0 Å². The molecule has 8 heteroatoms. The van der Waals surface area contributed by atoms with E-state index in [2.05, 4.69) is 9.97 Å². The quantitative estimate of drug-likeness (QED) is 0.525. The van der Waals surface area contributed by atoms with Gasteiger partial charge in [0, 0.05) is 6.07 Å². The van der Waals surface area contributed by atoms with Gasteiger partial charge >= 0.3 is 0 Å². The van der Waals surface area contributed by atoms with Crippen LogP contribution >= 0.6 is 12.2 Å². The normalized spacial score (nSPS) is 9.95. The molecule has 2 aromatic rings. The number of H-pyrrole nitrogens is 1. The summed E-state index contributed by atoms with van der Waals surface area (Å²) in [6, 6.07) is 5.79. The predicted molar refractivity (Wildman–Crippen MR) is 69.1 cm³/mol. The lowest BCUT2D eigenvalue weighted by atomic mass is 10.3. The molecule has 0 saturated carbocycles. The standard InChI is InChI=1S/C11H9N3O4S/c1-17-9-6-12-11(19)13-10(9)18-8-4-2-3-7(5-8)14(15)16/h2-6H,1H3,(H,12,13,19). The SMILES string of the molecule is COc1cnc(=S)[nH]c1Oc1cccc([N+](=O)[O-])c1. The third-order valence-corrected chi connectivity index (χ3v) is 2.42. The highest BCUT2D eigenvalue weighted by atomic mass is 32.1. The first-order valence-electron chi connectivity index (χ1n) is 5.16. The van der Waals surface area contributed by atoms with Crippen molar-refractivity contribution in [3.8, 4) is 17.4 Å². The summed E-state index contributed by atoms with van der Waals surface area (Å²) in [5.41, 5.74) is -0.0656. The fourth-order valence-corrected chi connectivity index (χ4v) is 1.51. The fourth-order valence-electron chi connectivity index (χ4n) is 1.37. The Morgan fingerprint density at radius 1 is 1.47 bits per heavy atom. The van der Waals surface area contributed by atoms with Crippen LogP contribution in [0.2, 0.25) is 0 Å². The zero-order chi connectivity index (χ0) is 13.8. The van der Waals surface area contributed by atoms with E-state index in [4.69, 9.17) is 21.7 Å². The van der Waals surface area contributed by atoms with Crippen LogP contribution in [0.25, 0.3) is 0 Å². The van der Waals surface area contributed by atoms with Crippen molar-refractivity contribution in [1.82, 2.24) is 9.97 Å². The summed E-state index contributed by atoms with van der Waals surface area (Å²) in [6.45, 7) is 0. The summed E-state index contributed by atoms with van der Waals surface area (Å²) in [7, 11) is 1.45. The van der Waals surface area contributed by atoms with Gasteiger partial charge in [0.25, 0.3) is 5.69 Å². The first-order valence-corrected chi connectivity index (χ1v) is 5.56. The second-order valence-electron chi connectivity index (χ2n) is 3.44. The van der Waals surface area contributed by atoms with E-state index >= 15 is 0 Å². The number of aromatic nitrogens is 2. The van der Waals surface area contributed by atoms with Crippen LogP contribution in [0.3, 0.4) is 0 Å². The first kappa shape index (κ1) is 13.0. The summed E-state index contributed by atoms with van der Waals surface area (Å²) < 4.78 is 10.8. The number of hydrogen-bond donors (Lipinski definition) is 1. The van der Waals surface area contributed by atoms with E-state index < -0.39 is 4.92 Å². The van der Waals surface area contributed by atoms with Gasteiger partial charge in [0.1, 0.15) is 5.75 Å². The number of rotatable bonds is 4. The number of nitrogens with one attached hydrogen (secondary N) is 1. The van der Waals surface area contributed by atoms with Crippen molar-refractivity contribution in [2.45, 2.75) is 0 Å². The molecule has 0 aliphatic heterocycles. The number of benzene rings is 1. The van der Waals surface area contributed by atoms with Crippen molar-refractivity contribution >= 4 is 17.9 Å². The van der Waals surface area contributed by atoms with Crippen LogP contribution in [-0.4, -0.2) is 22.0 Å². The summed E-state index contributed by atoms with van der Waals surface area (Å²) in [4.78, 5) is 16.7. The average molecular weight is 279 g/mol. The summed E-state index contributed by atoms with van der Waals surface area (Å²) in [6.07, 6.45) is 1.41. The summed E-state index contributed by atoms with van der Waals surface area (Å²) in [5, 5.41) is 10.7. The molecule has 0 radical (unpaired) electrons. The zero-order valence-electron chi connectivity index (χ0n) is 9.82. The van der Waals surface area contributed by atoms with Gasteiger partial charge < -0.3 is 9.47 Å². The van der Waals surface area contributed by atoms with Crippen LogP contribution in [-0.2, 0) is 0 Å². The molecule has 98 valence electrons. The van der Waals surface area contributed by atoms with Crippen LogP contribution in [0.5, 0.6) is 17.4 Å². The number of hydrogen-bond acceptors (Lipinski definition) is 6. The lowest BCUT2D eigenvalue weighted by Crippen LogP contribution is -1.96. The van der Waals surface area contributed by atoms with Crippen molar-refractivity contribution in [2.75, 3.05) is 7.11 Å². The van der Waals surface area contributed by atoms with E-state index in [-0.39, 0.29) is 16.3 Å². The van der Waals surface area contributed by atoms with Gasteiger partial charge in [-0.2, -0.15) is 0 Å². The van der Waals surface area contributed by atoms with Crippen molar-refractivity contribution in [3.05, 3.63) is 45.3 Å². The van der Waals surface area contributed by atoms with Gasteiger partial charge in [0.2, 0.25) is 5.88 Å². The predicted octanol–water partition coefficient (Wildman–Crippen LogP) is 2.85. The van der Waals surface area contributed by atoms with Crippen LogP contribution in [0.4, 0.5) is 5.69 Å². The Kier molecular flexibility index (Phi) is 3.71. The molecule has 1 heterocycles. The van der Waals surface area contributed by atoms with Crippen molar-refractivity contribution in [2.24, 2.45) is 0 Å². The largest absolute Gasteiger partial charge is 0.490 e. The molecular weight excluding hydrogens is 270 g/mol. The minimum Gasteiger partial charge on any atom is -0.490 e. The highest BCUT2D eigenvalue weighted by Crippen LogP contribution is 2.29. The van der Waals surface area contributed by atoms with E-state index in [0.29, 0.717) is 11.5 Å². The number of nitro benzene ring substituents is 1. The Morgan fingerprint density at radius 3 is 2.95 bits per heavy atom. The minimum atomic E-state index is -0.501. The van der Waals surface area contributed by atoms with E-state index in [1.54, 1.807) is 6.07 Å². The molecule has 1 N–H and O–H groups in total. The molecule has 0 bridgehead atoms. The molecule has 0 aliphatic rings. The molecule has 0 atom stereocenters. The van der Waals surface area contributed by atoms with Crippen LogP contribution in [0.1, 0.15) is 0 Å². The average Bonchev–Trinajstić information content (AvgIpc) is 2.39. The lowest BCUT2D eigenvalue weighted by molar-refractivity contribution is -0.384. The summed E-state index contributed by atoms with van der Waals surface area (Å²) in [5.74, 6) is 0.882. The molecule has 0 spiro atoms. The van der Waals surface area contributed by atoms with E-state index in [1.807, 2.05) is 0 Å². The van der Waals surface area contributed by atoms with Gasteiger partial charge in [0.05, 0.1) is 24.3 Å². The van der Waals surface area contributed by atoms with Crippen molar-refractivity contribution in [3.63, 3.8) is 0 Å². The maximum absolute atomic E-state index is 10.7. The van der Waals surface area contributed by atoms with Gasteiger partial charge in [-0.25, -0.2) is 4.98 Å². The number of nitro groups is 1. The van der Waals surface area contributed by atoms with Gasteiger partial charge in [-0.3, -0.25) is 15.1 Å². The number of non-ortho nitro benzene ring substituents is 1. The van der Waals surface area contributed by atoms with Crippen molar-refractivity contribution < 1.29 is 14.4 Å². The fraction of sp³-hybridized carbons (Fsp3) is 0.0909. The molecule has 0 unspecified atom stereocenters. The molecule has 0 fully saturated rings. The Labute approximate surface area is 113 Å². The minimum absolute atomic E-state index is 0.0656. The Bertz CT molecular complexity index is 671. The van der Waals surface area contributed by atoms with E-state index in [9.17, 15) is 10.1 Å². The van der Waals surface area contributed by atoms with E-state index in [1.165, 1.54) is 31.5 Å². The zero-order valence-corrected chi connectivity index (χ0v) is 10.6. The second kappa shape index (κ2) is 5.44. The first-order chi connectivity index (χ1) is 9.10.